The van der Waals surface area contributed by atoms with Crippen molar-refractivity contribution in [3.63, 3.8) is 0 Å². The second-order valence-corrected chi connectivity index (χ2v) is 9.94. The quantitative estimate of drug-likeness (QED) is 0.247. The summed E-state index contributed by atoms with van der Waals surface area (Å²) in [6.07, 6.45) is 0. The number of aromatic nitrogens is 1. The van der Waals surface area contributed by atoms with Gasteiger partial charge >= 0.3 is 11.9 Å². The molecule has 0 unspecified atom stereocenters. The van der Waals surface area contributed by atoms with Gasteiger partial charge in [-0.15, -0.1) is 0 Å². The molecule has 0 saturated heterocycles. The van der Waals surface area contributed by atoms with Crippen molar-refractivity contribution in [1.29, 1.82) is 0 Å². The molecule has 0 bridgehead atoms. The maximum absolute atomic E-state index is 12.5. The molecule has 0 radical (unpaired) electrons. The molecule has 1 N–H and O–H groups in total. The van der Waals surface area contributed by atoms with E-state index in [1.54, 1.807) is 42.5 Å². The van der Waals surface area contributed by atoms with Crippen LogP contribution in [-0.2, 0) is 11.3 Å². The van der Waals surface area contributed by atoms with Crippen molar-refractivity contribution < 1.29 is 19.4 Å². The average molecular weight is 565 g/mol. The topological polar surface area (TPSA) is 68.5 Å². The molecule has 0 amide bonds. The molecule has 0 saturated carbocycles. The van der Waals surface area contributed by atoms with Crippen LogP contribution >= 0.6 is 50.9 Å². The van der Waals surface area contributed by atoms with Crippen molar-refractivity contribution in [2.24, 2.45) is 0 Å². The number of carbonyl (C=O) groups excluding carboxylic acids is 1. The number of carbonyl (C=O) groups is 2. The molecule has 1 heterocycles. The molecule has 1 aromatic heterocycles. The zero-order chi connectivity index (χ0) is 23.7. The lowest BCUT2D eigenvalue weighted by atomic mass is 10.1. The third-order valence-corrected chi connectivity index (χ3v) is 7.36. The van der Waals surface area contributed by atoms with E-state index in [-0.39, 0.29) is 5.56 Å². The number of ether oxygens (including phenoxy) is 1. The number of nitrogens with zero attached hydrogens (tertiary/aromatic N) is 1. The molecule has 0 aliphatic rings. The molecule has 0 aliphatic carbocycles. The highest BCUT2D eigenvalue weighted by atomic mass is 79.9. The van der Waals surface area contributed by atoms with Crippen LogP contribution in [0.4, 0.5) is 0 Å². The van der Waals surface area contributed by atoms with Gasteiger partial charge in [0.15, 0.2) is 0 Å². The zero-order valence-corrected chi connectivity index (χ0v) is 21.1. The Balaban J connectivity index is 1.79. The van der Waals surface area contributed by atoms with Gasteiger partial charge in [0.05, 0.1) is 28.2 Å². The Bertz CT molecular complexity index is 1390. The van der Waals surface area contributed by atoms with Crippen LogP contribution in [0.15, 0.2) is 74.9 Å². The Hall–Kier alpha value is -2.45. The van der Waals surface area contributed by atoms with E-state index in [1.165, 1.54) is 18.9 Å². The normalized spacial score (nSPS) is 11.0. The zero-order valence-electron chi connectivity index (χ0n) is 17.1. The summed E-state index contributed by atoms with van der Waals surface area (Å²) >= 11 is 17.3. The van der Waals surface area contributed by atoms with Gasteiger partial charge in [-0.05, 0) is 54.1 Å². The van der Waals surface area contributed by atoms with E-state index in [2.05, 4.69) is 15.9 Å². The third-order valence-electron chi connectivity index (χ3n) is 5.01. The smallest absolute Gasteiger partial charge is 0.354 e. The Morgan fingerprint density at radius 2 is 1.73 bits per heavy atom. The van der Waals surface area contributed by atoms with Crippen LogP contribution in [0.3, 0.4) is 0 Å². The molecule has 168 valence electrons. The lowest BCUT2D eigenvalue weighted by Gasteiger charge is -2.12. The number of hydrogen-bond donors (Lipinski definition) is 1. The number of rotatable bonds is 6. The van der Waals surface area contributed by atoms with E-state index >= 15 is 0 Å². The number of fused-ring (bicyclic) bond motifs is 1. The van der Waals surface area contributed by atoms with Crippen molar-refractivity contribution in [1.82, 2.24) is 4.57 Å². The maximum Gasteiger partial charge on any atom is 0.354 e. The first-order chi connectivity index (χ1) is 15.8. The van der Waals surface area contributed by atoms with E-state index in [0.717, 1.165) is 30.7 Å². The number of aromatic carboxylic acids is 1. The van der Waals surface area contributed by atoms with Gasteiger partial charge in [0.25, 0.3) is 0 Å². The minimum absolute atomic E-state index is 0.201. The molecule has 4 aromatic rings. The molecule has 0 fully saturated rings. The fourth-order valence-electron chi connectivity index (χ4n) is 3.40. The number of esters is 1. The SMILES string of the molecule is COC(=O)c1cc2c(Br)cc(Sc3ccc(Cl)c(Cl)c3)cc2n1Cc1ccc(C(=O)O)cc1. The highest BCUT2D eigenvalue weighted by molar-refractivity contribution is 9.10. The minimum atomic E-state index is -0.990. The summed E-state index contributed by atoms with van der Waals surface area (Å²) in [6.45, 7) is 0.362. The van der Waals surface area contributed by atoms with Crippen LogP contribution in [0, 0.1) is 0 Å². The first-order valence-corrected chi connectivity index (χ1v) is 12.0. The number of hydrogen-bond acceptors (Lipinski definition) is 4. The Kier molecular flexibility index (Phi) is 7.05. The van der Waals surface area contributed by atoms with Crippen molar-refractivity contribution >= 4 is 73.7 Å². The molecule has 33 heavy (non-hydrogen) atoms. The first-order valence-electron chi connectivity index (χ1n) is 9.63. The van der Waals surface area contributed by atoms with E-state index in [9.17, 15) is 9.59 Å². The van der Waals surface area contributed by atoms with Crippen LogP contribution < -0.4 is 0 Å². The van der Waals surface area contributed by atoms with Crippen molar-refractivity contribution in [3.8, 4) is 0 Å². The molecule has 9 heteroatoms. The van der Waals surface area contributed by atoms with Crippen LogP contribution in [0.1, 0.15) is 26.4 Å². The van der Waals surface area contributed by atoms with Crippen molar-refractivity contribution in [3.05, 3.63) is 92.0 Å². The number of carboxylic acid groups (broad SMARTS) is 1. The maximum atomic E-state index is 12.5. The van der Waals surface area contributed by atoms with E-state index < -0.39 is 11.9 Å². The second-order valence-electron chi connectivity index (χ2n) is 7.13. The number of halogens is 3. The lowest BCUT2D eigenvalue weighted by molar-refractivity contribution is 0.0589. The summed E-state index contributed by atoms with van der Waals surface area (Å²) in [5.74, 6) is -1.45. The summed E-state index contributed by atoms with van der Waals surface area (Å²) in [5.41, 5.74) is 2.27. The van der Waals surface area contributed by atoms with Crippen LogP contribution in [-0.4, -0.2) is 28.7 Å². The van der Waals surface area contributed by atoms with Gasteiger partial charge in [-0.25, -0.2) is 9.59 Å². The molecule has 0 spiro atoms. The minimum Gasteiger partial charge on any atom is -0.478 e. The highest BCUT2D eigenvalue weighted by Gasteiger charge is 2.19. The summed E-state index contributed by atoms with van der Waals surface area (Å²) in [6, 6.07) is 17.7. The monoisotopic (exact) mass is 563 g/mol. The van der Waals surface area contributed by atoms with E-state index in [0.29, 0.717) is 22.3 Å². The number of methoxy groups -OCH3 is 1. The fourth-order valence-corrected chi connectivity index (χ4v) is 5.42. The van der Waals surface area contributed by atoms with Gasteiger partial charge in [0.1, 0.15) is 5.69 Å². The standard InChI is InChI=1S/C24H16BrCl2NO4S/c1-32-24(31)22-11-17-18(25)8-16(33-15-6-7-19(26)20(27)9-15)10-21(17)28(22)12-13-2-4-14(5-3-13)23(29)30/h2-11H,12H2,1H3,(H,29,30). The molecule has 3 aromatic carbocycles. The number of carboxylic acids is 1. The Morgan fingerprint density at radius 1 is 1.00 bits per heavy atom. The van der Waals surface area contributed by atoms with Gasteiger partial charge in [0, 0.05) is 26.2 Å². The highest BCUT2D eigenvalue weighted by Crippen LogP contribution is 2.38. The first kappa shape index (κ1) is 23.7. The van der Waals surface area contributed by atoms with E-state index in [1.807, 2.05) is 22.8 Å². The van der Waals surface area contributed by atoms with Crippen LogP contribution in [0.5, 0.6) is 0 Å². The van der Waals surface area contributed by atoms with Gasteiger partial charge in [-0.2, -0.15) is 0 Å². The summed E-state index contributed by atoms with van der Waals surface area (Å²) in [7, 11) is 1.34. The van der Waals surface area contributed by atoms with Crippen LogP contribution in [0.2, 0.25) is 10.0 Å². The largest absolute Gasteiger partial charge is 0.478 e. The molecular weight excluding hydrogens is 549 g/mol. The van der Waals surface area contributed by atoms with Gasteiger partial charge in [0.2, 0.25) is 0 Å². The lowest BCUT2D eigenvalue weighted by Crippen LogP contribution is -2.11. The summed E-state index contributed by atoms with van der Waals surface area (Å²) < 4.78 is 7.69. The molecule has 0 atom stereocenters. The van der Waals surface area contributed by atoms with Crippen molar-refractivity contribution in [2.75, 3.05) is 7.11 Å². The van der Waals surface area contributed by atoms with Crippen molar-refractivity contribution in [2.45, 2.75) is 16.3 Å². The summed E-state index contributed by atoms with van der Waals surface area (Å²) in [4.78, 5) is 25.5. The Labute approximate surface area is 212 Å². The molecule has 0 aliphatic heterocycles. The predicted molar refractivity (Wildman–Crippen MR) is 134 cm³/mol. The average Bonchev–Trinajstić information content (AvgIpc) is 3.15. The third kappa shape index (κ3) is 5.06. The molecule has 4 rings (SSSR count). The van der Waals surface area contributed by atoms with Gasteiger partial charge in [-0.1, -0.05) is 63.0 Å². The number of benzene rings is 3. The Morgan fingerprint density at radius 3 is 2.36 bits per heavy atom. The van der Waals surface area contributed by atoms with Crippen LogP contribution in [0.25, 0.3) is 10.9 Å². The fraction of sp³-hybridized carbons (Fsp3) is 0.0833. The molecule has 5 nitrogen and oxygen atoms in total. The van der Waals surface area contributed by atoms with Gasteiger partial charge < -0.3 is 14.4 Å². The summed E-state index contributed by atoms with van der Waals surface area (Å²) in [5, 5.41) is 11.0. The van der Waals surface area contributed by atoms with Gasteiger partial charge in [-0.3, -0.25) is 0 Å². The predicted octanol–water partition coefficient (Wildman–Crippen LogP) is 7.39. The second kappa shape index (κ2) is 9.81. The molecular formula is C24H16BrCl2NO4S. The van der Waals surface area contributed by atoms with E-state index in [4.69, 9.17) is 33.0 Å².